The second-order valence-corrected chi connectivity index (χ2v) is 7.65. The van der Waals surface area contributed by atoms with Gasteiger partial charge in [-0.05, 0) is 12.1 Å². The SMILES string of the molecule is O=S1(=O)C=C2C(C1)SC(=S)N2c1ccccc1. The first-order chi connectivity index (χ1) is 8.07. The molecule has 0 aliphatic carbocycles. The van der Waals surface area contributed by atoms with E-state index in [9.17, 15) is 8.42 Å². The van der Waals surface area contributed by atoms with Gasteiger partial charge in [-0.3, -0.25) is 4.90 Å². The lowest BCUT2D eigenvalue weighted by molar-refractivity contribution is 0.606. The Morgan fingerprint density at radius 3 is 2.71 bits per heavy atom. The van der Waals surface area contributed by atoms with Crippen LogP contribution in [0.1, 0.15) is 0 Å². The highest BCUT2D eigenvalue weighted by molar-refractivity contribution is 8.24. The van der Waals surface area contributed by atoms with Crippen molar-refractivity contribution in [2.75, 3.05) is 10.7 Å². The Morgan fingerprint density at radius 1 is 1.29 bits per heavy atom. The summed E-state index contributed by atoms with van der Waals surface area (Å²) in [6.45, 7) is 0. The highest BCUT2D eigenvalue weighted by atomic mass is 32.2. The molecule has 1 aromatic carbocycles. The molecule has 0 N–H and O–H groups in total. The van der Waals surface area contributed by atoms with Crippen molar-refractivity contribution >= 4 is 43.8 Å². The minimum Gasteiger partial charge on any atom is -0.298 e. The highest BCUT2D eigenvalue weighted by Crippen LogP contribution is 2.42. The molecule has 0 radical (unpaired) electrons. The fourth-order valence-electron chi connectivity index (χ4n) is 2.01. The lowest BCUT2D eigenvalue weighted by Gasteiger charge is -2.18. The topological polar surface area (TPSA) is 37.4 Å². The van der Waals surface area contributed by atoms with E-state index in [0.29, 0.717) is 0 Å². The minimum atomic E-state index is -3.05. The average Bonchev–Trinajstić information content (AvgIpc) is 2.69. The zero-order chi connectivity index (χ0) is 12.0. The van der Waals surface area contributed by atoms with Crippen LogP contribution in [0.4, 0.5) is 5.69 Å². The fraction of sp³-hybridized carbons (Fsp3) is 0.182. The Bertz CT molecular complexity index is 607. The van der Waals surface area contributed by atoms with Gasteiger partial charge in [0.05, 0.1) is 22.1 Å². The molecule has 1 aromatic rings. The summed E-state index contributed by atoms with van der Waals surface area (Å²) < 4.78 is 23.9. The van der Waals surface area contributed by atoms with Gasteiger partial charge in [0.1, 0.15) is 4.32 Å². The number of hydrogen-bond donors (Lipinski definition) is 0. The van der Waals surface area contributed by atoms with E-state index in [1.165, 1.54) is 17.2 Å². The number of para-hydroxylation sites is 1. The number of thioether (sulfide) groups is 1. The van der Waals surface area contributed by atoms with Gasteiger partial charge in [0.15, 0.2) is 9.84 Å². The summed E-state index contributed by atoms with van der Waals surface area (Å²) in [6.07, 6.45) is 0. The van der Waals surface area contributed by atoms with Crippen LogP contribution in [0.2, 0.25) is 0 Å². The van der Waals surface area contributed by atoms with Crippen molar-refractivity contribution in [2.24, 2.45) is 0 Å². The molecule has 3 rings (SSSR count). The normalized spacial score (nSPS) is 25.9. The van der Waals surface area contributed by atoms with E-state index < -0.39 is 9.84 Å². The van der Waals surface area contributed by atoms with Crippen molar-refractivity contribution in [1.29, 1.82) is 0 Å². The molecule has 2 heterocycles. The molecule has 1 atom stereocenters. The maximum absolute atomic E-state index is 11.6. The molecule has 0 amide bonds. The van der Waals surface area contributed by atoms with Crippen LogP contribution in [0.25, 0.3) is 0 Å². The Balaban J connectivity index is 2.09. The molecule has 2 aliphatic heterocycles. The predicted molar refractivity (Wildman–Crippen MR) is 74.8 cm³/mol. The first kappa shape index (κ1) is 11.3. The van der Waals surface area contributed by atoms with Crippen LogP contribution in [0.5, 0.6) is 0 Å². The van der Waals surface area contributed by atoms with Crippen LogP contribution >= 0.6 is 24.0 Å². The maximum Gasteiger partial charge on any atom is 0.174 e. The van der Waals surface area contributed by atoms with Crippen molar-refractivity contribution < 1.29 is 8.42 Å². The molecule has 0 aromatic heterocycles. The molecule has 1 unspecified atom stereocenters. The summed E-state index contributed by atoms with van der Waals surface area (Å²) in [5.41, 5.74) is 1.72. The lowest BCUT2D eigenvalue weighted by atomic mass is 10.2. The highest BCUT2D eigenvalue weighted by Gasteiger charge is 2.41. The first-order valence-electron chi connectivity index (χ1n) is 5.07. The van der Waals surface area contributed by atoms with E-state index in [2.05, 4.69) is 0 Å². The zero-order valence-electron chi connectivity index (χ0n) is 8.74. The second kappa shape index (κ2) is 3.83. The number of sulfone groups is 1. The Morgan fingerprint density at radius 2 is 2.00 bits per heavy atom. The maximum atomic E-state index is 11.6. The number of thiocarbonyl (C=S) groups is 1. The summed E-state index contributed by atoms with van der Waals surface area (Å²) in [6, 6.07) is 9.62. The lowest BCUT2D eigenvalue weighted by Crippen LogP contribution is -2.20. The van der Waals surface area contributed by atoms with Gasteiger partial charge in [0, 0.05) is 5.69 Å². The summed E-state index contributed by atoms with van der Waals surface area (Å²) in [5, 5.41) is 1.32. The first-order valence-corrected chi connectivity index (χ1v) is 8.07. The Kier molecular flexibility index (Phi) is 2.53. The van der Waals surface area contributed by atoms with Crippen LogP contribution < -0.4 is 4.90 Å². The smallest absolute Gasteiger partial charge is 0.174 e. The number of rotatable bonds is 1. The van der Waals surface area contributed by atoms with Gasteiger partial charge in [-0.2, -0.15) is 0 Å². The van der Waals surface area contributed by atoms with Crippen molar-refractivity contribution in [2.45, 2.75) is 5.25 Å². The van der Waals surface area contributed by atoms with Crippen molar-refractivity contribution in [3.63, 3.8) is 0 Å². The van der Waals surface area contributed by atoms with E-state index in [1.807, 2.05) is 35.2 Å². The molecule has 3 nitrogen and oxygen atoms in total. The number of fused-ring (bicyclic) bond motifs is 1. The number of nitrogens with zero attached hydrogens (tertiary/aromatic N) is 1. The van der Waals surface area contributed by atoms with Crippen molar-refractivity contribution in [1.82, 2.24) is 0 Å². The molecular weight excluding hydrogens is 274 g/mol. The molecule has 0 bridgehead atoms. The molecule has 1 fully saturated rings. The van der Waals surface area contributed by atoms with E-state index in [1.54, 1.807) is 0 Å². The summed E-state index contributed by atoms with van der Waals surface area (Å²) in [7, 11) is -3.05. The third kappa shape index (κ3) is 1.90. The third-order valence-electron chi connectivity index (χ3n) is 2.71. The summed E-state index contributed by atoms with van der Waals surface area (Å²) in [4.78, 5) is 1.86. The van der Waals surface area contributed by atoms with Crippen molar-refractivity contribution in [3.05, 3.63) is 41.4 Å². The predicted octanol–water partition coefficient (Wildman–Crippen LogP) is 2.16. The second-order valence-electron chi connectivity index (χ2n) is 3.92. The van der Waals surface area contributed by atoms with E-state index in [0.717, 1.165) is 15.7 Å². The molecule has 88 valence electrons. The van der Waals surface area contributed by atoms with E-state index in [4.69, 9.17) is 12.2 Å². The van der Waals surface area contributed by atoms with Crippen LogP contribution in [-0.4, -0.2) is 23.7 Å². The number of anilines is 1. The quantitative estimate of drug-likeness (QED) is 0.738. The van der Waals surface area contributed by atoms with Gasteiger partial charge in [0.25, 0.3) is 0 Å². The van der Waals surface area contributed by atoms with Gasteiger partial charge in [0.2, 0.25) is 0 Å². The van der Waals surface area contributed by atoms with E-state index in [-0.39, 0.29) is 11.0 Å². The van der Waals surface area contributed by atoms with E-state index >= 15 is 0 Å². The van der Waals surface area contributed by atoms with Crippen LogP contribution in [0.3, 0.4) is 0 Å². The molecule has 1 saturated heterocycles. The summed E-state index contributed by atoms with van der Waals surface area (Å²) >= 11 is 6.76. The summed E-state index contributed by atoms with van der Waals surface area (Å²) in [5.74, 6) is 0.163. The third-order valence-corrected chi connectivity index (χ3v) is 5.87. The monoisotopic (exact) mass is 283 g/mol. The zero-order valence-corrected chi connectivity index (χ0v) is 11.2. The molecule has 0 saturated carbocycles. The number of hydrogen-bond acceptors (Lipinski definition) is 4. The van der Waals surface area contributed by atoms with Gasteiger partial charge in [-0.1, -0.05) is 42.2 Å². The van der Waals surface area contributed by atoms with Crippen LogP contribution in [0.15, 0.2) is 41.4 Å². The fourth-order valence-corrected chi connectivity index (χ4v) is 5.67. The van der Waals surface area contributed by atoms with Crippen LogP contribution in [-0.2, 0) is 9.84 Å². The number of benzene rings is 1. The molecule has 2 aliphatic rings. The van der Waals surface area contributed by atoms with Gasteiger partial charge < -0.3 is 0 Å². The van der Waals surface area contributed by atoms with Gasteiger partial charge >= 0.3 is 0 Å². The average molecular weight is 283 g/mol. The largest absolute Gasteiger partial charge is 0.298 e. The molecule has 6 heteroatoms. The molecule has 17 heavy (non-hydrogen) atoms. The van der Waals surface area contributed by atoms with Gasteiger partial charge in [-0.15, -0.1) is 0 Å². The van der Waals surface area contributed by atoms with Gasteiger partial charge in [-0.25, -0.2) is 8.42 Å². The minimum absolute atomic E-state index is 0.0345. The van der Waals surface area contributed by atoms with Crippen LogP contribution in [0, 0.1) is 0 Å². The molecular formula is C11H9NO2S3. The Hall–Kier alpha value is -0.850. The molecule has 0 spiro atoms. The Labute approximate surface area is 109 Å². The standard InChI is InChI=1S/C11H9NO2S3/c13-17(14)6-9-10(7-17)16-11(15)12(9)8-4-2-1-3-5-8/h1-6,10H,7H2. The van der Waals surface area contributed by atoms with Crippen molar-refractivity contribution in [3.8, 4) is 0 Å².